The predicted molar refractivity (Wildman–Crippen MR) is 96.0 cm³/mol. The lowest BCUT2D eigenvalue weighted by atomic mass is 10.3. The second-order valence-electron chi connectivity index (χ2n) is 5.20. The van der Waals surface area contributed by atoms with E-state index in [9.17, 15) is 19.3 Å². The number of carbonyl (C=O) groups excluding carboxylic acids is 1. The van der Waals surface area contributed by atoms with E-state index in [2.05, 4.69) is 10.3 Å². The Bertz CT molecular complexity index is 926. The lowest BCUT2D eigenvalue weighted by molar-refractivity contribution is -0.384. The van der Waals surface area contributed by atoms with Gasteiger partial charge in [-0.05, 0) is 36.4 Å². The van der Waals surface area contributed by atoms with E-state index in [1.165, 1.54) is 48.2 Å². The number of benzene rings is 2. The largest absolute Gasteiger partial charge is 0.325 e. The molecule has 1 aromatic heterocycles. The van der Waals surface area contributed by atoms with Crippen LogP contribution in [0.1, 0.15) is 0 Å². The van der Waals surface area contributed by atoms with Crippen LogP contribution in [-0.4, -0.2) is 26.1 Å². The number of imidazole rings is 1. The van der Waals surface area contributed by atoms with Gasteiger partial charge in [0.15, 0.2) is 5.16 Å². The fourth-order valence-corrected chi connectivity index (χ4v) is 2.96. The van der Waals surface area contributed by atoms with Gasteiger partial charge in [0.2, 0.25) is 5.91 Å². The van der Waals surface area contributed by atoms with E-state index in [0.717, 1.165) is 5.69 Å². The first-order valence-electron chi connectivity index (χ1n) is 7.49. The average molecular weight is 372 g/mol. The van der Waals surface area contributed by atoms with E-state index in [1.54, 1.807) is 29.1 Å². The van der Waals surface area contributed by atoms with Crippen molar-refractivity contribution in [3.8, 4) is 5.69 Å². The van der Waals surface area contributed by atoms with Gasteiger partial charge < -0.3 is 5.32 Å². The summed E-state index contributed by atoms with van der Waals surface area (Å²) in [7, 11) is 0. The van der Waals surface area contributed by atoms with Crippen LogP contribution in [0, 0.1) is 15.9 Å². The standard InChI is InChI=1S/C17H13FN4O3S/c18-12-1-5-14(6-2-12)21-10-9-19-17(21)26-11-16(23)20-13-3-7-15(8-4-13)22(24)25/h1-10H,11H2,(H,20,23). The number of aromatic nitrogens is 2. The lowest BCUT2D eigenvalue weighted by Gasteiger charge is -2.08. The van der Waals surface area contributed by atoms with Crippen molar-refractivity contribution in [2.45, 2.75) is 5.16 Å². The van der Waals surface area contributed by atoms with Gasteiger partial charge in [0.25, 0.3) is 5.69 Å². The maximum absolute atomic E-state index is 13.0. The van der Waals surface area contributed by atoms with E-state index in [0.29, 0.717) is 10.8 Å². The zero-order valence-corrected chi connectivity index (χ0v) is 14.1. The molecule has 0 saturated carbocycles. The van der Waals surface area contributed by atoms with Crippen molar-refractivity contribution >= 4 is 29.0 Å². The Balaban J connectivity index is 1.61. The van der Waals surface area contributed by atoms with Gasteiger partial charge in [-0.3, -0.25) is 19.5 Å². The van der Waals surface area contributed by atoms with Gasteiger partial charge >= 0.3 is 0 Å². The van der Waals surface area contributed by atoms with Crippen molar-refractivity contribution < 1.29 is 14.1 Å². The summed E-state index contributed by atoms with van der Waals surface area (Å²) < 4.78 is 14.8. The van der Waals surface area contributed by atoms with E-state index in [-0.39, 0.29) is 23.2 Å². The van der Waals surface area contributed by atoms with Crippen molar-refractivity contribution in [1.82, 2.24) is 9.55 Å². The molecule has 1 amide bonds. The number of hydrogen-bond donors (Lipinski definition) is 1. The van der Waals surface area contributed by atoms with E-state index in [4.69, 9.17) is 0 Å². The molecule has 3 aromatic rings. The number of nitro groups is 1. The normalized spacial score (nSPS) is 10.5. The minimum absolute atomic E-state index is 0.0429. The number of thioether (sulfide) groups is 1. The summed E-state index contributed by atoms with van der Waals surface area (Å²) in [6.45, 7) is 0. The van der Waals surface area contributed by atoms with Gasteiger partial charge in [0, 0.05) is 35.9 Å². The highest BCUT2D eigenvalue weighted by Gasteiger charge is 2.10. The molecule has 0 radical (unpaired) electrons. The maximum atomic E-state index is 13.0. The van der Waals surface area contributed by atoms with Crippen molar-refractivity contribution in [2.75, 3.05) is 11.1 Å². The molecule has 0 aliphatic rings. The zero-order valence-electron chi connectivity index (χ0n) is 13.3. The van der Waals surface area contributed by atoms with Gasteiger partial charge in [-0.2, -0.15) is 0 Å². The third-order valence-electron chi connectivity index (χ3n) is 3.41. The number of rotatable bonds is 6. The van der Waals surface area contributed by atoms with E-state index >= 15 is 0 Å². The van der Waals surface area contributed by atoms with Crippen molar-refractivity contribution in [3.63, 3.8) is 0 Å². The molecule has 0 fully saturated rings. The number of nitrogens with one attached hydrogen (secondary N) is 1. The molecular weight excluding hydrogens is 359 g/mol. The van der Waals surface area contributed by atoms with E-state index < -0.39 is 4.92 Å². The molecule has 132 valence electrons. The Kier molecular flexibility index (Phi) is 5.28. The van der Waals surface area contributed by atoms with Crippen LogP contribution in [0.25, 0.3) is 5.69 Å². The van der Waals surface area contributed by atoms with Crippen LogP contribution < -0.4 is 5.32 Å². The van der Waals surface area contributed by atoms with Gasteiger partial charge in [-0.25, -0.2) is 9.37 Å². The number of nitro benzene ring substituents is 1. The topological polar surface area (TPSA) is 90.1 Å². The van der Waals surface area contributed by atoms with Crippen molar-refractivity contribution in [2.24, 2.45) is 0 Å². The Hall–Kier alpha value is -3.20. The molecule has 0 saturated heterocycles. The summed E-state index contributed by atoms with van der Waals surface area (Å²) in [5.41, 5.74) is 1.17. The number of hydrogen-bond acceptors (Lipinski definition) is 5. The van der Waals surface area contributed by atoms with Crippen LogP contribution in [0.15, 0.2) is 66.1 Å². The second kappa shape index (κ2) is 7.79. The summed E-state index contributed by atoms with van der Waals surface area (Å²) in [5, 5.41) is 13.9. The number of nitrogens with zero attached hydrogens (tertiary/aromatic N) is 3. The monoisotopic (exact) mass is 372 g/mol. The van der Waals surface area contributed by atoms with Crippen LogP contribution in [-0.2, 0) is 4.79 Å². The minimum atomic E-state index is -0.503. The zero-order chi connectivity index (χ0) is 18.5. The quantitative estimate of drug-likeness (QED) is 0.405. The Morgan fingerprint density at radius 1 is 1.19 bits per heavy atom. The SMILES string of the molecule is O=C(CSc1nccn1-c1ccc(F)cc1)Nc1ccc([N+](=O)[O-])cc1. The average Bonchev–Trinajstić information content (AvgIpc) is 3.09. The van der Waals surface area contributed by atoms with E-state index in [1.807, 2.05) is 0 Å². The molecule has 9 heteroatoms. The highest BCUT2D eigenvalue weighted by atomic mass is 32.2. The summed E-state index contributed by atoms with van der Waals surface area (Å²) in [6, 6.07) is 11.5. The Morgan fingerprint density at radius 2 is 1.88 bits per heavy atom. The minimum Gasteiger partial charge on any atom is -0.325 e. The fourth-order valence-electron chi connectivity index (χ4n) is 2.19. The lowest BCUT2D eigenvalue weighted by Crippen LogP contribution is -2.14. The first kappa shape index (κ1) is 17.6. The molecule has 0 aliphatic heterocycles. The first-order chi connectivity index (χ1) is 12.5. The predicted octanol–water partition coefficient (Wildman–Crippen LogP) is 3.65. The number of amides is 1. The molecular formula is C17H13FN4O3S. The molecule has 1 N–H and O–H groups in total. The third kappa shape index (κ3) is 4.25. The van der Waals surface area contributed by atoms with Crippen LogP contribution in [0.2, 0.25) is 0 Å². The number of non-ortho nitro benzene ring substituents is 1. The third-order valence-corrected chi connectivity index (χ3v) is 4.37. The van der Waals surface area contributed by atoms with Crippen LogP contribution in [0.3, 0.4) is 0 Å². The molecule has 2 aromatic carbocycles. The summed E-state index contributed by atoms with van der Waals surface area (Å²) in [5.74, 6) is -0.488. The van der Waals surface area contributed by atoms with Crippen molar-refractivity contribution in [3.05, 3.63) is 76.9 Å². The van der Waals surface area contributed by atoms with Gasteiger partial charge in [-0.15, -0.1) is 0 Å². The Labute approximate surface area is 152 Å². The van der Waals surface area contributed by atoms with Crippen LogP contribution in [0.5, 0.6) is 0 Å². The summed E-state index contributed by atoms with van der Waals surface area (Å²) >= 11 is 1.23. The van der Waals surface area contributed by atoms with Gasteiger partial charge in [0.05, 0.1) is 10.7 Å². The van der Waals surface area contributed by atoms with Gasteiger partial charge in [0.1, 0.15) is 5.82 Å². The highest BCUT2D eigenvalue weighted by molar-refractivity contribution is 7.99. The molecule has 0 bridgehead atoms. The summed E-state index contributed by atoms with van der Waals surface area (Å²) in [6.07, 6.45) is 3.32. The number of halogens is 1. The highest BCUT2D eigenvalue weighted by Crippen LogP contribution is 2.21. The summed E-state index contributed by atoms with van der Waals surface area (Å²) in [4.78, 5) is 26.4. The molecule has 0 spiro atoms. The fraction of sp³-hybridized carbons (Fsp3) is 0.0588. The molecule has 0 atom stereocenters. The molecule has 26 heavy (non-hydrogen) atoms. The second-order valence-corrected chi connectivity index (χ2v) is 6.14. The van der Waals surface area contributed by atoms with Crippen molar-refractivity contribution in [1.29, 1.82) is 0 Å². The number of anilines is 1. The van der Waals surface area contributed by atoms with Crippen LogP contribution in [0.4, 0.5) is 15.8 Å². The smallest absolute Gasteiger partial charge is 0.269 e. The molecule has 7 nitrogen and oxygen atoms in total. The maximum Gasteiger partial charge on any atom is 0.269 e. The van der Waals surface area contributed by atoms with Gasteiger partial charge in [-0.1, -0.05) is 11.8 Å². The molecule has 0 aliphatic carbocycles. The number of carbonyl (C=O) groups is 1. The Morgan fingerprint density at radius 3 is 2.54 bits per heavy atom. The van der Waals surface area contributed by atoms with Crippen LogP contribution >= 0.6 is 11.8 Å². The molecule has 3 rings (SSSR count). The molecule has 0 unspecified atom stereocenters. The first-order valence-corrected chi connectivity index (χ1v) is 8.48. The molecule has 1 heterocycles.